The van der Waals surface area contributed by atoms with Gasteiger partial charge in [-0.2, -0.15) is 0 Å². The van der Waals surface area contributed by atoms with Gasteiger partial charge >= 0.3 is 5.97 Å². The van der Waals surface area contributed by atoms with Gasteiger partial charge in [0.05, 0.1) is 17.3 Å². The van der Waals surface area contributed by atoms with E-state index in [0.717, 1.165) is 12.3 Å². The number of pyridine rings is 1. The fraction of sp³-hybridized carbons (Fsp3) is 0.455. The second-order valence-electron chi connectivity index (χ2n) is 4.36. The third-order valence-corrected chi connectivity index (χ3v) is 2.98. The Morgan fingerprint density at radius 2 is 1.94 bits per heavy atom. The molecule has 1 heterocycles. The predicted molar refractivity (Wildman–Crippen MR) is 55.2 cm³/mol. The number of hydrogen-bond acceptors (Lipinski definition) is 3. The first-order valence-electron chi connectivity index (χ1n) is 4.77. The highest BCUT2D eigenvalue weighted by atomic mass is 19.1. The molecule has 1 aromatic rings. The zero-order valence-electron chi connectivity index (χ0n) is 9.36. The van der Waals surface area contributed by atoms with Gasteiger partial charge in [0.15, 0.2) is 0 Å². The molecule has 0 saturated carbocycles. The maximum absolute atomic E-state index is 12.7. The Labute approximate surface area is 92.8 Å². The average molecular weight is 227 g/mol. The highest BCUT2D eigenvalue weighted by Gasteiger charge is 2.47. The summed E-state index contributed by atoms with van der Waals surface area (Å²) >= 11 is 0. The summed E-state index contributed by atoms with van der Waals surface area (Å²) in [5, 5.41) is 19.2. The van der Waals surface area contributed by atoms with Gasteiger partial charge in [0.2, 0.25) is 0 Å². The first kappa shape index (κ1) is 12.6. The molecule has 0 amide bonds. The van der Waals surface area contributed by atoms with E-state index >= 15 is 0 Å². The molecule has 0 radical (unpaired) electrons. The van der Waals surface area contributed by atoms with Crippen LogP contribution in [0.5, 0.6) is 0 Å². The quantitative estimate of drug-likeness (QED) is 0.821. The molecule has 2 N–H and O–H groups in total. The molecule has 1 atom stereocenters. The summed E-state index contributed by atoms with van der Waals surface area (Å²) in [6.07, 6.45) is 0.946. The van der Waals surface area contributed by atoms with Crippen molar-refractivity contribution in [3.05, 3.63) is 29.8 Å². The fourth-order valence-electron chi connectivity index (χ4n) is 1.19. The second kappa shape index (κ2) is 3.83. The van der Waals surface area contributed by atoms with Gasteiger partial charge in [0.1, 0.15) is 11.4 Å². The Hall–Kier alpha value is -1.49. The first-order valence-corrected chi connectivity index (χ1v) is 4.77. The number of aliphatic hydroxyl groups is 1. The molecule has 1 unspecified atom stereocenters. The lowest BCUT2D eigenvalue weighted by molar-refractivity contribution is -0.164. The van der Waals surface area contributed by atoms with Crippen molar-refractivity contribution in [1.82, 2.24) is 4.98 Å². The predicted octanol–water partition coefficient (Wildman–Crippen LogP) is 1.54. The Morgan fingerprint density at radius 1 is 1.38 bits per heavy atom. The van der Waals surface area contributed by atoms with Crippen LogP contribution in [0.4, 0.5) is 4.39 Å². The van der Waals surface area contributed by atoms with Crippen molar-refractivity contribution in [3.63, 3.8) is 0 Å². The molecule has 0 aromatic carbocycles. The van der Waals surface area contributed by atoms with Crippen LogP contribution in [-0.2, 0) is 10.4 Å². The zero-order valence-corrected chi connectivity index (χ0v) is 9.36. The molecule has 0 saturated heterocycles. The van der Waals surface area contributed by atoms with Crippen molar-refractivity contribution in [2.45, 2.75) is 26.4 Å². The van der Waals surface area contributed by atoms with Crippen molar-refractivity contribution in [2.75, 3.05) is 0 Å². The molecule has 5 heteroatoms. The summed E-state index contributed by atoms with van der Waals surface area (Å²) in [7, 11) is 0. The van der Waals surface area contributed by atoms with Crippen LogP contribution in [0.15, 0.2) is 18.3 Å². The number of aliphatic carboxylic acids is 1. The van der Waals surface area contributed by atoms with E-state index in [-0.39, 0.29) is 5.69 Å². The van der Waals surface area contributed by atoms with Gasteiger partial charge in [-0.15, -0.1) is 0 Å². The maximum Gasteiger partial charge on any atom is 0.312 e. The molecule has 0 bridgehead atoms. The summed E-state index contributed by atoms with van der Waals surface area (Å²) in [6, 6.07) is 2.41. The number of nitrogens with zero attached hydrogens (tertiary/aromatic N) is 1. The summed E-state index contributed by atoms with van der Waals surface area (Å²) in [4.78, 5) is 14.8. The minimum absolute atomic E-state index is 0.126. The van der Waals surface area contributed by atoms with Crippen molar-refractivity contribution in [2.24, 2.45) is 5.41 Å². The lowest BCUT2D eigenvalue weighted by Gasteiger charge is -2.35. The molecular formula is C11H14FNO3. The number of hydrogen-bond donors (Lipinski definition) is 2. The average Bonchev–Trinajstić information content (AvgIpc) is 2.17. The van der Waals surface area contributed by atoms with Crippen LogP contribution in [0.2, 0.25) is 0 Å². The molecule has 0 aliphatic rings. The molecule has 1 rings (SSSR count). The standard InChI is InChI=1S/C11H14FNO3/c1-10(2,9(14)15)11(3,16)8-5-4-7(12)6-13-8/h4-6,16H,1-3H3,(H,14,15). The Balaban J connectivity index is 3.20. The van der Waals surface area contributed by atoms with Crippen molar-refractivity contribution in [3.8, 4) is 0 Å². The maximum atomic E-state index is 12.7. The van der Waals surface area contributed by atoms with Crippen LogP contribution in [-0.4, -0.2) is 21.2 Å². The zero-order chi connectivity index (χ0) is 12.6. The highest BCUT2D eigenvalue weighted by molar-refractivity contribution is 5.75. The van der Waals surface area contributed by atoms with Crippen LogP contribution in [0.3, 0.4) is 0 Å². The third-order valence-electron chi connectivity index (χ3n) is 2.98. The van der Waals surface area contributed by atoms with E-state index in [1.54, 1.807) is 0 Å². The fourth-order valence-corrected chi connectivity index (χ4v) is 1.19. The summed E-state index contributed by atoms with van der Waals surface area (Å²) in [5.41, 5.74) is -2.97. The summed E-state index contributed by atoms with van der Waals surface area (Å²) in [6.45, 7) is 4.13. The SMILES string of the molecule is CC(C)(C(=O)O)C(C)(O)c1ccc(F)cn1. The number of carboxylic acid groups (broad SMARTS) is 1. The van der Waals surface area contributed by atoms with Crippen LogP contribution >= 0.6 is 0 Å². The second-order valence-corrected chi connectivity index (χ2v) is 4.36. The van der Waals surface area contributed by atoms with E-state index in [1.807, 2.05) is 0 Å². The van der Waals surface area contributed by atoms with Crippen LogP contribution < -0.4 is 0 Å². The minimum atomic E-state index is -1.67. The van der Waals surface area contributed by atoms with E-state index in [2.05, 4.69) is 4.98 Å². The van der Waals surface area contributed by atoms with E-state index in [4.69, 9.17) is 5.11 Å². The van der Waals surface area contributed by atoms with Gasteiger partial charge in [-0.3, -0.25) is 9.78 Å². The molecule has 1 aromatic heterocycles. The van der Waals surface area contributed by atoms with E-state index in [0.29, 0.717) is 0 Å². The molecule has 0 fully saturated rings. The van der Waals surface area contributed by atoms with Gasteiger partial charge < -0.3 is 10.2 Å². The molecule has 0 aliphatic carbocycles. The van der Waals surface area contributed by atoms with Crippen LogP contribution in [0, 0.1) is 11.2 Å². The van der Waals surface area contributed by atoms with Crippen LogP contribution in [0.1, 0.15) is 26.5 Å². The number of halogens is 1. The highest BCUT2D eigenvalue weighted by Crippen LogP contribution is 2.38. The van der Waals surface area contributed by atoms with Crippen molar-refractivity contribution < 1.29 is 19.4 Å². The molecular weight excluding hydrogens is 213 g/mol. The van der Waals surface area contributed by atoms with E-state index in [1.165, 1.54) is 26.8 Å². The number of rotatable bonds is 3. The normalized spacial score (nSPS) is 15.6. The van der Waals surface area contributed by atoms with E-state index in [9.17, 15) is 14.3 Å². The van der Waals surface area contributed by atoms with Gasteiger partial charge in [0, 0.05) is 0 Å². The molecule has 88 valence electrons. The minimum Gasteiger partial charge on any atom is -0.481 e. The number of carboxylic acids is 1. The van der Waals surface area contributed by atoms with Gasteiger partial charge in [-0.05, 0) is 32.9 Å². The van der Waals surface area contributed by atoms with Gasteiger partial charge in [-0.1, -0.05) is 0 Å². The lowest BCUT2D eigenvalue weighted by atomic mass is 9.74. The largest absolute Gasteiger partial charge is 0.481 e. The van der Waals surface area contributed by atoms with Gasteiger partial charge in [0.25, 0.3) is 0 Å². The van der Waals surface area contributed by atoms with E-state index < -0.39 is 22.8 Å². The Morgan fingerprint density at radius 3 is 2.31 bits per heavy atom. The number of aromatic nitrogens is 1. The smallest absolute Gasteiger partial charge is 0.312 e. The first-order chi connectivity index (χ1) is 7.19. The summed E-state index contributed by atoms with van der Waals surface area (Å²) < 4.78 is 12.7. The lowest BCUT2D eigenvalue weighted by Crippen LogP contribution is -2.45. The van der Waals surface area contributed by atoms with Crippen molar-refractivity contribution >= 4 is 5.97 Å². The monoisotopic (exact) mass is 227 g/mol. The Bertz CT molecular complexity index is 398. The Kier molecular flexibility index (Phi) is 3.01. The topological polar surface area (TPSA) is 70.4 Å². The number of carbonyl (C=O) groups is 1. The molecule has 16 heavy (non-hydrogen) atoms. The van der Waals surface area contributed by atoms with Crippen LogP contribution in [0.25, 0.3) is 0 Å². The van der Waals surface area contributed by atoms with Crippen molar-refractivity contribution in [1.29, 1.82) is 0 Å². The third kappa shape index (κ3) is 1.90. The molecule has 0 spiro atoms. The molecule has 4 nitrogen and oxygen atoms in total. The molecule has 0 aliphatic heterocycles. The summed E-state index contributed by atoms with van der Waals surface area (Å²) in [5.74, 6) is -1.68. The van der Waals surface area contributed by atoms with Gasteiger partial charge in [-0.25, -0.2) is 4.39 Å².